The maximum Gasteiger partial charge on any atom is 0.303 e. The van der Waals surface area contributed by atoms with Crippen molar-refractivity contribution >= 4 is 35.1 Å². The van der Waals surface area contributed by atoms with Crippen LogP contribution >= 0.6 is 23.2 Å². The molecule has 1 aromatic carbocycles. The van der Waals surface area contributed by atoms with Gasteiger partial charge in [0.1, 0.15) is 0 Å². The summed E-state index contributed by atoms with van der Waals surface area (Å²) in [5.74, 6) is -1.08. The van der Waals surface area contributed by atoms with Crippen LogP contribution in [0.4, 0.5) is 0 Å². The van der Waals surface area contributed by atoms with E-state index in [1.165, 1.54) is 0 Å². The average Bonchev–Trinajstić information content (AvgIpc) is 2.88. The Bertz CT molecular complexity index is 533. The maximum absolute atomic E-state index is 12.1. The molecule has 1 amide bonds. The molecule has 1 heterocycles. The zero-order chi connectivity index (χ0) is 14.7. The molecule has 1 unspecified atom stereocenters. The predicted octanol–water partition coefficient (Wildman–Crippen LogP) is 3.52. The lowest BCUT2D eigenvalue weighted by Gasteiger charge is -2.25. The number of carboxylic acids is 1. The van der Waals surface area contributed by atoms with Crippen molar-refractivity contribution in [3.63, 3.8) is 0 Å². The monoisotopic (exact) mass is 315 g/mol. The third-order valence-corrected chi connectivity index (χ3v) is 4.19. The zero-order valence-corrected chi connectivity index (χ0v) is 12.3. The van der Waals surface area contributed by atoms with Crippen LogP contribution in [-0.4, -0.2) is 28.4 Å². The van der Waals surface area contributed by atoms with Gasteiger partial charge in [-0.2, -0.15) is 0 Å². The van der Waals surface area contributed by atoms with Gasteiger partial charge in [0, 0.05) is 13.0 Å². The van der Waals surface area contributed by atoms with Crippen molar-refractivity contribution in [2.75, 3.05) is 6.54 Å². The lowest BCUT2D eigenvalue weighted by atomic mass is 10.0. The Morgan fingerprint density at radius 3 is 2.65 bits per heavy atom. The largest absolute Gasteiger partial charge is 0.481 e. The van der Waals surface area contributed by atoms with E-state index >= 15 is 0 Å². The topological polar surface area (TPSA) is 57.6 Å². The molecule has 2 rings (SSSR count). The van der Waals surface area contributed by atoms with Crippen LogP contribution in [-0.2, 0) is 9.59 Å². The molecule has 1 aliphatic rings. The Kier molecular flexibility index (Phi) is 4.89. The fourth-order valence-corrected chi connectivity index (χ4v) is 2.80. The fraction of sp³-hybridized carbons (Fsp3) is 0.429. The lowest BCUT2D eigenvalue weighted by Crippen LogP contribution is -2.30. The third kappa shape index (κ3) is 3.44. The number of carbonyl (C=O) groups excluding carboxylic acids is 1. The highest BCUT2D eigenvalue weighted by Crippen LogP contribution is 2.35. The lowest BCUT2D eigenvalue weighted by molar-refractivity contribution is -0.141. The van der Waals surface area contributed by atoms with E-state index in [0.717, 1.165) is 18.4 Å². The minimum Gasteiger partial charge on any atom is -0.481 e. The Morgan fingerprint density at radius 1 is 1.25 bits per heavy atom. The minimum atomic E-state index is -0.955. The molecule has 0 aliphatic carbocycles. The molecule has 0 spiro atoms. The van der Waals surface area contributed by atoms with Crippen LogP contribution in [0.3, 0.4) is 0 Å². The number of amides is 1. The van der Waals surface area contributed by atoms with Gasteiger partial charge in [-0.3, -0.25) is 9.59 Å². The van der Waals surface area contributed by atoms with Crippen LogP contribution in [0.5, 0.6) is 0 Å². The second kappa shape index (κ2) is 6.46. The van der Waals surface area contributed by atoms with Crippen molar-refractivity contribution in [3.8, 4) is 0 Å². The van der Waals surface area contributed by atoms with Gasteiger partial charge in [0.05, 0.1) is 22.5 Å². The Balaban J connectivity index is 2.12. The van der Waals surface area contributed by atoms with Crippen LogP contribution in [0.25, 0.3) is 0 Å². The second-order valence-electron chi connectivity index (χ2n) is 4.81. The molecule has 0 bridgehead atoms. The number of rotatable bonds is 4. The number of aliphatic carboxylic acids is 1. The molecule has 108 valence electrons. The van der Waals surface area contributed by atoms with Gasteiger partial charge >= 0.3 is 5.97 Å². The number of hydrogen-bond donors (Lipinski definition) is 1. The number of halogens is 2. The first-order valence-corrected chi connectivity index (χ1v) is 7.21. The van der Waals surface area contributed by atoms with E-state index in [1.807, 2.05) is 6.07 Å². The molecule has 1 atom stereocenters. The SMILES string of the molecule is O=C(O)CCC(=O)N1CCCC1c1ccc(Cl)c(Cl)c1. The van der Waals surface area contributed by atoms with Crippen LogP contribution in [0, 0.1) is 0 Å². The van der Waals surface area contributed by atoms with E-state index in [2.05, 4.69) is 0 Å². The first kappa shape index (κ1) is 15.1. The molecule has 4 nitrogen and oxygen atoms in total. The molecule has 0 radical (unpaired) electrons. The predicted molar refractivity (Wildman–Crippen MR) is 77.0 cm³/mol. The second-order valence-corrected chi connectivity index (χ2v) is 5.63. The Hall–Kier alpha value is -1.26. The highest BCUT2D eigenvalue weighted by molar-refractivity contribution is 6.42. The molecule has 1 aliphatic heterocycles. The van der Waals surface area contributed by atoms with Gasteiger partial charge in [0.15, 0.2) is 0 Å². The fourth-order valence-electron chi connectivity index (χ4n) is 2.49. The molecular formula is C14H15Cl2NO3. The highest BCUT2D eigenvalue weighted by atomic mass is 35.5. The van der Waals surface area contributed by atoms with Crippen LogP contribution in [0.1, 0.15) is 37.3 Å². The molecule has 1 fully saturated rings. The van der Waals surface area contributed by atoms with Gasteiger partial charge in [0.25, 0.3) is 0 Å². The van der Waals surface area contributed by atoms with Crippen LogP contribution in [0.15, 0.2) is 18.2 Å². The van der Waals surface area contributed by atoms with Crippen LogP contribution < -0.4 is 0 Å². The maximum atomic E-state index is 12.1. The summed E-state index contributed by atoms with van der Waals surface area (Å²) in [4.78, 5) is 24.4. The van der Waals surface area contributed by atoms with E-state index in [1.54, 1.807) is 17.0 Å². The van der Waals surface area contributed by atoms with Crippen molar-refractivity contribution in [2.45, 2.75) is 31.7 Å². The summed E-state index contributed by atoms with van der Waals surface area (Å²) in [6.07, 6.45) is 1.66. The number of nitrogens with zero attached hydrogens (tertiary/aromatic N) is 1. The zero-order valence-electron chi connectivity index (χ0n) is 10.8. The summed E-state index contributed by atoms with van der Waals surface area (Å²) in [6, 6.07) is 5.32. The number of carboxylic acid groups (broad SMARTS) is 1. The summed E-state index contributed by atoms with van der Waals surface area (Å²) in [7, 11) is 0. The molecule has 1 N–H and O–H groups in total. The van der Waals surface area contributed by atoms with Gasteiger partial charge in [-0.25, -0.2) is 0 Å². The quantitative estimate of drug-likeness (QED) is 0.924. The first-order valence-electron chi connectivity index (χ1n) is 6.45. The van der Waals surface area contributed by atoms with Crippen molar-refractivity contribution in [1.29, 1.82) is 0 Å². The summed E-state index contributed by atoms with van der Waals surface area (Å²) >= 11 is 11.9. The van der Waals surface area contributed by atoms with E-state index < -0.39 is 5.97 Å². The molecule has 0 aromatic heterocycles. The number of carbonyl (C=O) groups is 2. The van der Waals surface area contributed by atoms with Gasteiger partial charge in [-0.1, -0.05) is 29.3 Å². The van der Waals surface area contributed by atoms with Gasteiger partial charge in [0.2, 0.25) is 5.91 Å². The third-order valence-electron chi connectivity index (χ3n) is 3.45. The average molecular weight is 316 g/mol. The van der Waals surface area contributed by atoms with Crippen LogP contribution in [0.2, 0.25) is 10.0 Å². The standard InChI is InChI=1S/C14H15Cl2NO3/c15-10-4-3-9(8-11(10)16)12-2-1-7-17(12)13(18)5-6-14(19)20/h3-4,8,12H,1-2,5-7H2,(H,19,20). The smallest absolute Gasteiger partial charge is 0.303 e. The summed E-state index contributed by atoms with van der Waals surface area (Å²) in [5.41, 5.74) is 0.945. The normalized spacial score (nSPS) is 18.3. The van der Waals surface area contributed by atoms with Gasteiger partial charge in [-0.05, 0) is 30.5 Å². The van der Waals surface area contributed by atoms with Crippen molar-refractivity contribution < 1.29 is 14.7 Å². The van der Waals surface area contributed by atoms with Crippen molar-refractivity contribution in [2.24, 2.45) is 0 Å². The molecule has 1 saturated heterocycles. The first-order chi connectivity index (χ1) is 9.49. The summed E-state index contributed by atoms with van der Waals surface area (Å²) in [6.45, 7) is 0.656. The van der Waals surface area contributed by atoms with Gasteiger partial charge in [-0.15, -0.1) is 0 Å². The van der Waals surface area contributed by atoms with Gasteiger partial charge < -0.3 is 10.0 Å². The van der Waals surface area contributed by atoms with E-state index in [9.17, 15) is 9.59 Å². The summed E-state index contributed by atoms with van der Waals surface area (Å²) in [5, 5.41) is 9.60. The van der Waals surface area contributed by atoms with Crippen molar-refractivity contribution in [1.82, 2.24) is 4.90 Å². The number of likely N-dealkylation sites (tertiary alicyclic amines) is 1. The molecule has 0 saturated carbocycles. The minimum absolute atomic E-state index is 0.0349. The highest BCUT2D eigenvalue weighted by Gasteiger charge is 2.30. The number of benzene rings is 1. The number of hydrogen-bond acceptors (Lipinski definition) is 2. The Morgan fingerprint density at radius 2 is 2.00 bits per heavy atom. The van der Waals surface area contributed by atoms with E-state index in [0.29, 0.717) is 16.6 Å². The molecular weight excluding hydrogens is 301 g/mol. The molecule has 1 aromatic rings. The van der Waals surface area contributed by atoms with E-state index in [4.69, 9.17) is 28.3 Å². The molecule has 6 heteroatoms. The summed E-state index contributed by atoms with van der Waals surface area (Å²) < 4.78 is 0. The van der Waals surface area contributed by atoms with Crippen molar-refractivity contribution in [3.05, 3.63) is 33.8 Å². The Labute approximate surface area is 127 Å². The van der Waals surface area contributed by atoms with E-state index in [-0.39, 0.29) is 24.8 Å². The molecule has 20 heavy (non-hydrogen) atoms.